The molecule has 1 aliphatic heterocycles. The Bertz CT molecular complexity index is 444. The van der Waals surface area contributed by atoms with Gasteiger partial charge in [0.05, 0.1) is 0 Å². The molecule has 0 bridgehead atoms. The zero-order valence-corrected chi connectivity index (χ0v) is 11.1. The molecule has 0 radical (unpaired) electrons. The van der Waals surface area contributed by atoms with Crippen molar-refractivity contribution >= 4 is 15.9 Å². The molecule has 80 valence electrons. The van der Waals surface area contributed by atoms with Gasteiger partial charge in [0.2, 0.25) is 0 Å². The maximum absolute atomic E-state index is 5.67. The Balaban J connectivity index is 2.74. The maximum atomic E-state index is 5.67. The summed E-state index contributed by atoms with van der Waals surface area (Å²) in [5.41, 5.74) is 3.77. The molecule has 0 fully saturated rings. The summed E-state index contributed by atoms with van der Waals surface area (Å²) < 4.78 is 6.77. The van der Waals surface area contributed by atoms with Crippen LogP contribution in [-0.4, -0.2) is 0 Å². The van der Waals surface area contributed by atoms with E-state index in [1.54, 1.807) is 6.26 Å². The van der Waals surface area contributed by atoms with Gasteiger partial charge in [-0.25, -0.2) is 0 Å². The number of hydrogen-bond acceptors (Lipinski definition) is 1. The minimum absolute atomic E-state index is 0.00366. The summed E-state index contributed by atoms with van der Waals surface area (Å²) in [4.78, 5) is 0. The number of halogens is 1. The van der Waals surface area contributed by atoms with Crippen LogP contribution >= 0.6 is 15.9 Å². The SMILES string of the molecule is Cc1ccc(C)c2c1OC=C(Br)C2(C)C. The second kappa shape index (κ2) is 3.38. The number of ether oxygens (including phenoxy) is 1. The van der Waals surface area contributed by atoms with Crippen LogP contribution in [0.25, 0.3) is 0 Å². The van der Waals surface area contributed by atoms with E-state index in [4.69, 9.17) is 4.74 Å². The Kier molecular flexibility index (Phi) is 2.42. The Morgan fingerprint density at radius 1 is 1.13 bits per heavy atom. The van der Waals surface area contributed by atoms with E-state index >= 15 is 0 Å². The van der Waals surface area contributed by atoms with E-state index < -0.39 is 0 Å². The van der Waals surface area contributed by atoms with Crippen LogP contribution in [-0.2, 0) is 5.41 Å². The molecule has 0 N–H and O–H groups in total. The fraction of sp³-hybridized carbons (Fsp3) is 0.385. The fourth-order valence-electron chi connectivity index (χ4n) is 2.09. The number of benzene rings is 1. The largest absolute Gasteiger partial charge is 0.464 e. The number of allylic oxidation sites excluding steroid dienone is 1. The summed E-state index contributed by atoms with van der Waals surface area (Å²) in [7, 11) is 0. The molecular weight excluding hydrogens is 252 g/mol. The first kappa shape index (κ1) is 10.7. The summed E-state index contributed by atoms with van der Waals surface area (Å²) in [5, 5.41) is 0. The Morgan fingerprint density at radius 3 is 2.40 bits per heavy atom. The first-order chi connectivity index (χ1) is 6.94. The lowest BCUT2D eigenvalue weighted by atomic mass is 9.79. The lowest BCUT2D eigenvalue weighted by Gasteiger charge is -2.33. The van der Waals surface area contributed by atoms with Crippen molar-refractivity contribution in [2.45, 2.75) is 33.1 Å². The van der Waals surface area contributed by atoms with Gasteiger partial charge in [-0.3, -0.25) is 0 Å². The molecule has 0 spiro atoms. The van der Waals surface area contributed by atoms with Crippen molar-refractivity contribution in [1.29, 1.82) is 0 Å². The molecule has 0 aliphatic carbocycles. The average Bonchev–Trinajstić information content (AvgIpc) is 2.16. The molecule has 1 nitrogen and oxygen atoms in total. The van der Waals surface area contributed by atoms with Gasteiger partial charge < -0.3 is 4.74 Å². The van der Waals surface area contributed by atoms with Crippen LogP contribution in [0.1, 0.15) is 30.5 Å². The van der Waals surface area contributed by atoms with Crippen molar-refractivity contribution in [2.75, 3.05) is 0 Å². The molecule has 0 atom stereocenters. The second-order valence-corrected chi connectivity index (χ2v) is 5.47. The second-order valence-electron chi connectivity index (χ2n) is 4.61. The van der Waals surface area contributed by atoms with Gasteiger partial charge >= 0.3 is 0 Å². The van der Waals surface area contributed by atoms with Crippen LogP contribution in [0.15, 0.2) is 22.9 Å². The Morgan fingerprint density at radius 2 is 1.73 bits per heavy atom. The van der Waals surface area contributed by atoms with Gasteiger partial charge in [0.15, 0.2) is 0 Å². The zero-order chi connectivity index (χ0) is 11.2. The fourth-order valence-corrected chi connectivity index (χ4v) is 2.38. The van der Waals surface area contributed by atoms with Crippen molar-refractivity contribution in [3.05, 3.63) is 39.6 Å². The molecule has 15 heavy (non-hydrogen) atoms. The topological polar surface area (TPSA) is 9.23 Å². The third kappa shape index (κ3) is 1.51. The van der Waals surface area contributed by atoms with Crippen molar-refractivity contribution in [3.8, 4) is 5.75 Å². The van der Waals surface area contributed by atoms with E-state index in [1.807, 2.05) is 0 Å². The lowest BCUT2D eigenvalue weighted by molar-refractivity contribution is 0.423. The molecule has 1 aromatic carbocycles. The van der Waals surface area contributed by atoms with Crippen molar-refractivity contribution in [2.24, 2.45) is 0 Å². The minimum Gasteiger partial charge on any atom is -0.464 e. The molecule has 0 aromatic heterocycles. The number of hydrogen-bond donors (Lipinski definition) is 0. The van der Waals surface area contributed by atoms with E-state index in [0.717, 1.165) is 10.2 Å². The molecule has 0 amide bonds. The average molecular weight is 267 g/mol. The van der Waals surface area contributed by atoms with Crippen LogP contribution in [0.2, 0.25) is 0 Å². The van der Waals surface area contributed by atoms with Crippen LogP contribution in [0, 0.1) is 13.8 Å². The van der Waals surface area contributed by atoms with Crippen LogP contribution in [0.3, 0.4) is 0 Å². The monoisotopic (exact) mass is 266 g/mol. The van der Waals surface area contributed by atoms with Gasteiger partial charge in [0.25, 0.3) is 0 Å². The van der Waals surface area contributed by atoms with E-state index in [0.29, 0.717) is 0 Å². The number of aryl methyl sites for hydroxylation is 2. The number of rotatable bonds is 0. The first-order valence-corrected chi connectivity index (χ1v) is 5.87. The summed E-state index contributed by atoms with van der Waals surface area (Å²) >= 11 is 3.57. The summed E-state index contributed by atoms with van der Waals surface area (Å²) in [5.74, 6) is 1.02. The van der Waals surface area contributed by atoms with Gasteiger partial charge in [0, 0.05) is 15.5 Å². The highest BCUT2D eigenvalue weighted by atomic mass is 79.9. The van der Waals surface area contributed by atoms with Crippen LogP contribution < -0.4 is 4.74 Å². The van der Waals surface area contributed by atoms with E-state index in [2.05, 4.69) is 55.8 Å². The van der Waals surface area contributed by atoms with Crippen LogP contribution in [0.5, 0.6) is 5.75 Å². The van der Waals surface area contributed by atoms with Crippen molar-refractivity contribution in [3.63, 3.8) is 0 Å². The highest BCUT2D eigenvalue weighted by Gasteiger charge is 2.33. The van der Waals surface area contributed by atoms with E-state index in [1.165, 1.54) is 16.7 Å². The maximum Gasteiger partial charge on any atom is 0.133 e. The van der Waals surface area contributed by atoms with Gasteiger partial charge in [0.1, 0.15) is 12.0 Å². The normalized spacial score (nSPS) is 17.8. The third-order valence-corrected chi connectivity index (χ3v) is 4.24. The van der Waals surface area contributed by atoms with E-state index in [-0.39, 0.29) is 5.41 Å². The van der Waals surface area contributed by atoms with Crippen molar-refractivity contribution in [1.82, 2.24) is 0 Å². The van der Waals surface area contributed by atoms with Crippen LogP contribution in [0.4, 0.5) is 0 Å². The predicted molar refractivity (Wildman–Crippen MR) is 66.6 cm³/mol. The minimum atomic E-state index is 0.00366. The summed E-state index contributed by atoms with van der Waals surface area (Å²) in [6, 6.07) is 4.27. The van der Waals surface area contributed by atoms with Gasteiger partial charge in [-0.15, -0.1) is 0 Å². The van der Waals surface area contributed by atoms with Gasteiger partial charge in [-0.2, -0.15) is 0 Å². The molecule has 0 unspecified atom stereocenters. The predicted octanol–water partition coefficient (Wildman–Crippen LogP) is 4.21. The summed E-state index contributed by atoms with van der Waals surface area (Å²) in [6.07, 6.45) is 1.80. The highest BCUT2D eigenvalue weighted by Crippen LogP contribution is 2.46. The molecule has 0 saturated heterocycles. The standard InChI is InChI=1S/C13H15BrO/c1-8-5-6-9(2)12-11(8)13(3,4)10(14)7-15-12/h5-7H,1-4H3. The lowest BCUT2D eigenvalue weighted by Crippen LogP contribution is -2.24. The first-order valence-electron chi connectivity index (χ1n) is 5.08. The molecule has 1 aromatic rings. The van der Waals surface area contributed by atoms with Gasteiger partial charge in [-0.1, -0.05) is 41.9 Å². The van der Waals surface area contributed by atoms with E-state index in [9.17, 15) is 0 Å². The number of fused-ring (bicyclic) bond motifs is 1. The smallest absolute Gasteiger partial charge is 0.133 e. The third-order valence-electron chi connectivity index (χ3n) is 3.07. The quantitative estimate of drug-likeness (QED) is 0.684. The molecular formula is C13H15BrO. The highest BCUT2D eigenvalue weighted by molar-refractivity contribution is 9.11. The molecule has 1 heterocycles. The Labute approximate surface area is 99.3 Å². The molecule has 0 saturated carbocycles. The van der Waals surface area contributed by atoms with Crippen molar-refractivity contribution < 1.29 is 4.74 Å². The molecule has 2 heteroatoms. The zero-order valence-electron chi connectivity index (χ0n) is 9.52. The molecule has 1 aliphatic rings. The molecule has 2 rings (SSSR count). The summed E-state index contributed by atoms with van der Waals surface area (Å²) in [6.45, 7) is 8.64. The Hall–Kier alpha value is -0.760. The van der Waals surface area contributed by atoms with Gasteiger partial charge in [-0.05, 0) is 25.0 Å².